The summed E-state index contributed by atoms with van der Waals surface area (Å²) in [5.74, 6) is -3.50. The third kappa shape index (κ3) is 2.42. The van der Waals surface area contributed by atoms with Crippen molar-refractivity contribution in [3.8, 4) is 0 Å². The summed E-state index contributed by atoms with van der Waals surface area (Å²) in [6.07, 6.45) is 0.0573. The van der Waals surface area contributed by atoms with Gasteiger partial charge in [-0.15, -0.1) is 0 Å². The molecule has 7 heteroatoms. The number of carbonyl (C=O) groups excluding carboxylic acids is 3. The summed E-state index contributed by atoms with van der Waals surface area (Å²) in [7, 11) is 0. The first kappa shape index (κ1) is 13.9. The summed E-state index contributed by atoms with van der Waals surface area (Å²) >= 11 is 0. The monoisotopic (exact) mass is 276 g/mol. The highest BCUT2D eigenvalue weighted by Gasteiger charge is 2.39. The maximum absolute atomic E-state index is 12.3. The van der Waals surface area contributed by atoms with Gasteiger partial charge < -0.3 is 5.32 Å². The topological polar surface area (TPSA) is 106 Å². The fraction of sp³-hybridized carbons (Fsp3) is 0.308. The fourth-order valence-corrected chi connectivity index (χ4v) is 2.13. The van der Waals surface area contributed by atoms with Gasteiger partial charge >= 0.3 is 0 Å². The lowest BCUT2D eigenvalue weighted by Crippen LogP contribution is -2.46. The van der Waals surface area contributed by atoms with Crippen LogP contribution in [0.4, 0.5) is 5.69 Å². The van der Waals surface area contributed by atoms with E-state index in [4.69, 9.17) is 0 Å². The van der Waals surface area contributed by atoms with Crippen molar-refractivity contribution in [2.24, 2.45) is 5.92 Å². The second-order valence-electron chi connectivity index (χ2n) is 4.58. The molecule has 1 saturated heterocycles. The Kier molecular flexibility index (Phi) is 3.60. The highest BCUT2D eigenvalue weighted by atomic mass is 16.6. The molecular formula is C13H12N2O5. The van der Waals surface area contributed by atoms with E-state index in [2.05, 4.69) is 5.32 Å². The molecule has 1 aliphatic heterocycles. The second kappa shape index (κ2) is 5.20. The maximum atomic E-state index is 12.3. The minimum absolute atomic E-state index is 0.0573. The number of rotatable bonds is 3. The largest absolute Gasteiger partial charge is 0.355 e. The number of nitro benzene ring substituents is 1. The smallest absolute Gasteiger partial charge is 0.280 e. The van der Waals surface area contributed by atoms with Gasteiger partial charge in [-0.2, -0.15) is 0 Å². The van der Waals surface area contributed by atoms with E-state index >= 15 is 0 Å². The number of nitrogens with zero attached hydrogens (tertiary/aromatic N) is 1. The third-order valence-electron chi connectivity index (χ3n) is 3.13. The number of hydrogen-bond acceptors (Lipinski definition) is 5. The van der Waals surface area contributed by atoms with E-state index in [1.807, 2.05) is 0 Å². The van der Waals surface area contributed by atoms with Crippen molar-refractivity contribution >= 4 is 23.2 Å². The lowest BCUT2D eigenvalue weighted by atomic mass is 9.88. The number of aryl methyl sites for hydroxylation is 1. The van der Waals surface area contributed by atoms with Gasteiger partial charge in [-0.1, -0.05) is 6.07 Å². The molecule has 0 aromatic heterocycles. The highest BCUT2D eigenvalue weighted by molar-refractivity contribution is 6.25. The van der Waals surface area contributed by atoms with Gasteiger partial charge in [0.1, 0.15) is 0 Å². The first-order valence-electron chi connectivity index (χ1n) is 6.01. The Morgan fingerprint density at radius 3 is 2.70 bits per heavy atom. The molecule has 1 aliphatic rings. The summed E-state index contributed by atoms with van der Waals surface area (Å²) in [6, 6.07) is 4.03. The number of ketones is 2. The zero-order chi connectivity index (χ0) is 14.9. The molecular weight excluding hydrogens is 264 g/mol. The van der Waals surface area contributed by atoms with Crippen molar-refractivity contribution < 1.29 is 19.3 Å². The molecule has 7 nitrogen and oxygen atoms in total. The van der Waals surface area contributed by atoms with Crippen LogP contribution < -0.4 is 5.32 Å². The lowest BCUT2D eigenvalue weighted by Gasteiger charge is -2.19. The van der Waals surface area contributed by atoms with E-state index in [0.717, 1.165) is 0 Å². The van der Waals surface area contributed by atoms with E-state index < -0.39 is 34.0 Å². The predicted octanol–water partition coefficient (Wildman–Crippen LogP) is 0.791. The van der Waals surface area contributed by atoms with Crippen LogP contribution in [-0.4, -0.2) is 28.9 Å². The Labute approximate surface area is 114 Å². The van der Waals surface area contributed by atoms with Gasteiger partial charge in [-0.05, 0) is 18.6 Å². The minimum Gasteiger partial charge on any atom is -0.355 e. The van der Waals surface area contributed by atoms with Crippen molar-refractivity contribution in [2.75, 3.05) is 6.54 Å². The predicted molar refractivity (Wildman–Crippen MR) is 68.3 cm³/mol. The Bertz CT molecular complexity index is 607. The van der Waals surface area contributed by atoms with Crippen LogP contribution in [0.3, 0.4) is 0 Å². The molecule has 2 rings (SSSR count). The van der Waals surface area contributed by atoms with Gasteiger partial charge in [-0.3, -0.25) is 24.5 Å². The first-order valence-corrected chi connectivity index (χ1v) is 6.01. The van der Waals surface area contributed by atoms with Gasteiger partial charge in [0.25, 0.3) is 5.69 Å². The summed E-state index contributed by atoms with van der Waals surface area (Å²) in [4.78, 5) is 46.0. The fourth-order valence-electron chi connectivity index (χ4n) is 2.13. The van der Waals surface area contributed by atoms with E-state index in [-0.39, 0.29) is 18.5 Å². The molecule has 0 radical (unpaired) electrons. The number of benzene rings is 1. The molecule has 20 heavy (non-hydrogen) atoms. The number of hydrogen-bond donors (Lipinski definition) is 1. The summed E-state index contributed by atoms with van der Waals surface area (Å²) in [5, 5.41) is 13.4. The average Bonchev–Trinajstić information content (AvgIpc) is 2.37. The number of amides is 1. The van der Waals surface area contributed by atoms with Crippen molar-refractivity contribution in [3.63, 3.8) is 0 Å². The Balaban J connectivity index is 2.47. The summed E-state index contributed by atoms with van der Waals surface area (Å²) in [6.45, 7) is 1.86. The number of carbonyl (C=O) groups is 3. The average molecular weight is 276 g/mol. The summed E-state index contributed by atoms with van der Waals surface area (Å²) < 4.78 is 0. The molecule has 1 heterocycles. The minimum atomic E-state index is -1.48. The SMILES string of the molecule is Cc1ccc([N+](=O)[O-])c(C(=O)C2C(=O)CCNC2=O)c1. The zero-order valence-electron chi connectivity index (χ0n) is 10.7. The number of nitro groups is 1. The van der Waals surface area contributed by atoms with Crippen LogP contribution in [0.15, 0.2) is 18.2 Å². The summed E-state index contributed by atoms with van der Waals surface area (Å²) in [5.41, 5.74) is 0.0415. The van der Waals surface area contributed by atoms with E-state index in [1.54, 1.807) is 6.92 Å². The quantitative estimate of drug-likeness (QED) is 0.380. The molecule has 1 fully saturated rings. The second-order valence-corrected chi connectivity index (χ2v) is 4.58. The van der Waals surface area contributed by atoms with Crippen molar-refractivity contribution in [1.82, 2.24) is 5.32 Å². The van der Waals surface area contributed by atoms with E-state index in [9.17, 15) is 24.5 Å². The Morgan fingerprint density at radius 1 is 1.40 bits per heavy atom. The number of piperidine rings is 1. The van der Waals surface area contributed by atoms with Crippen LogP contribution in [-0.2, 0) is 9.59 Å². The zero-order valence-corrected chi connectivity index (χ0v) is 10.7. The van der Waals surface area contributed by atoms with Crippen LogP contribution in [0.5, 0.6) is 0 Å². The molecule has 0 saturated carbocycles. The van der Waals surface area contributed by atoms with E-state index in [0.29, 0.717) is 5.56 Å². The van der Waals surface area contributed by atoms with Gasteiger partial charge in [0.05, 0.1) is 10.5 Å². The van der Waals surface area contributed by atoms with Crippen LogP contribution in [0.2, 0.25) is 0 Å². The molecule has 1 aromatic rings. The Morgan fingerprint density at radius 2 is 2.10 bits per heavy atom. The number of nitrogens with one attached hydrogen (secondary N) is 1. The third-order valence-corrected chi connectivity index (χ3v) is 3.13. The highest BCUT2D eigenvalue weighted by Crippen LogP contribution is 2.24. The van der Waals surface area contributed by atoms with Gasteiger partial charge in [0.15, 0.2) is 17.5 Å². The van der Waals surface area contributed by atoms with Gasteiger partial charge in [0.2, 0.25) is 5.91 Å². The molecule has 1 unspecified atom stereocenters. The van der Waals surface area contributed by atoms with Gasteiger partial charge in [0, 0.05) is 19.0 Å². The van der Waals surface area contributed by atoms with Crippen molar-refractivity contribution in [1.29, 1.82) is 0 Å². The molecule has 1 N–H and O–H groups in total. The molecule has 1 atom stereocenters. The lowest BCUT2D eigenvalue weighted by molar-refractivity contribution is -0.385. The molecule has 1 amide bonds. The standard InChI is InChI=1S/C13H12N2O5/c1-7-2-3-9(15(19)20)8(6-7)12(17)11-10(16)4-5-14-13(11)18/h2-3,6,11H,4-5H2,1H3,(H,14,18). The Hall–Kier alpha value is -2.57. The molecule has 0 spiro atoms. The van der Waals surface area contributed by atoms with Crippen LogP contribution in [0.25, 0.3) is 0 Å². The van der Waals surface area contributed by atoms with Crippen LogP contribution in [0, 0.1) is 23.0 Å². The molecule has 1 aromatic carbocycles. The van der Waals surface area contributed by atoms with Crippen LogP contribution in [0.1, 0.15) is 22.3 Å². The number of Topliss-reactive ketones (excluding diaryl/α,β-unsaturated/α-hetero) is 2. The maximum Gasteiger partial charge on any atom is 0.280 e. The van der Waals surface area contributed by atoms with Crippen molar-refractivity contribution in [2.45, 2.75) is 13.3 Å². The molecule has 0 bridgehead atoms. The van der Waals surface area contributed by atoms with Gasteiger partial charge in [-0.25, -0.2) is 0 Å². The molecule has 0 aliphatic carbocycles. The van der Waals surface area contributed by atoms with Crippen LogP contribution >= 0.6 is 0 Å². The first-order chi connectivity index (χ1) is 9.41. The van der Waals surface area contributed by atoms with Crippen molar-refractivity contribution in [3.05, 3.63) is 39.4 Å². The molecule has 104 valence electrons. The van der Waals surface area contributed by atoms with E-state index in [1.165, 1.54) is 18.2 Å². The normalized spacial score (nSPS) is 18.6.